The Morgan fingerprint density at radius 3 is 2.15 bits per heavy atom. The van der Waals surface area contributed by atoms with Crippen LogP contribution in [0.15, 0.2) is 12.1 Å². The highest BCUT2D eigenvalue weighted by Gasteiger charge is 2.45. The number of hydrogen-bond donors (Lipinski definition) is 1. The van der Waals surface area contributed by atoms with Crippen LogP contribution in [0.3, 0.4) is 0 Å². The molecule has 0 spiro atoms. The number of nitrogens with zero attached hydrogens (tertiary/aromatic N) is 2. The maximum absolute atomic E-state index is 12.7. The lowest BCUT2D eigenvalue weighted by molar-refractivity contribution is -0.393. The van der Waals surface area contributed by atoms with Gasteiger partial charge in [-0.3, -0.25) is 20.2 Å². The van der Waals surface area contributed by atoms with Crippen molar-refractivity contribution in [2.24, 2.45) is 0 Å². The van der Waals surface area contributed by atoms with Crippen molar-refractivity contribution in [1.29, 1.82) is 0 Å². The van der Waals surface area contributed by atoms with E-state index >= 15 is 0 Å². The van der Waals surface area contributed by atoms with Gasteiger partial charge in [-0.1, -0.05) is 0 Å². The Morgan fingerprint density at radius 2 is 1.75 bits per heavy atom. The van der Waals surface area contributed by atoms with Crippen LogP contribution in [-0.2, 0) is 0 Å². The predicted molar refractivity (Wildman–Crippen MR) is 55.7 cm³/mol. The number of nitrogen functional groups attached to an aromatic ring is 1. The third-order valence-corrected chi connectivity index (χ3v) is 2.01. The molecule has 1 rings (SSSR count). The fraction of sp³-hybridized carbons (Fsp3) is 0.250. The lowest BCUT2D eigenvalue weighted by Crippen LogP contribution is -2.33. The molecule has 0 fully saturated rings. The molecule has 20 heavy (non-hydrogen) atoms. The summed E-state index contributed by atoms with van der Waals surface area (Å²) in [6.45, 7) is 0. The van der Waals surface area contributed by atoms with Crippen molar-refractivity contribution in [2.45, 2.75) is 12.5 Å². The Kier molecular flexibility index (Phi) is 3.96. The highest BCUT2D eigenvalue weighted by Crippen LogP contribution is 2.39. The molecular formula is C8H5F4N3O5. The molecular weight excluding hydrogens is 294 g/mol. The first-order chi connectivity index (χ1) is 9.06. The summed E-state index contributed by atoms with van der Waals surface area (Å²) in [4.78, 5) is 18.7. The Morgan fingerprint density at radius 1 is 1.20 bits per heavy atom. The molecule has 0 radical (unpaired) electrons. The fourth-order valence-electron chi connectivity index (χ4n) is 1.13. The van der Waals surface area contributed by atoms with E-state index in [4.69, 9.17) is 5.73 Å². The van der Waals surface area contributed by atoms with Crippen LogP contribution in [0.5, 0.6) is 5.75 Å². The summed E-state index contributed by atoms with van der Waals surface area (Å²) < 4.78 is 52.9. The van der Waals surface area contributed by atoms with Gasteiger partial charge in [0.05, 0.1) is 22.0 Å². The fourth-order valence-corrected chi connectivity index (χ4v) is 1.13. The zero-order valence-corrected chi connectivity index (χ0v) is 9.26. The minimum atomic E-state index is -5.00. The van der Waals surface area contributed by atoms with Crippen LogP contribution in [-0.4, -0.2) is 22.4 Å². The number of anilines is 1. The van der Waals surface area contributed by atoms with Gasteiger partial charge in [-0.05, 0) is 0 Å². The number of hydrogen-bond acceptors (Lipinski definition) is 6. The molecule has 0 aliphatic carbocycles. The van der Waals surface area contributed by atoms with E-state index in [2.05, 4.69) is 4.74 Å². The van der Waals surface area contributed by atoms with Gasteiger partial charge in [0.1, 0.15) is 0 Å². The average Bonchev–Trinajstić information content (AvgIpc) is 2.30. The summed E-state index contributed by atoms with van der Waals surface area (Å²) in [6.07, 6.45) is -9.25. The third kappa shape index (κ3) is 3.02. The van der Waals surface area contributed by atoms with E-state index < -0.39 is 45.2 Å². The van der Waals surface area contributed by atoms with Crippen molar-refractivity contribution in [2.75, 3.05) is 5.73 Å². The molecule has 0 aromatic heterocycles. The van der Waals surface area contributed by atoms with E-state index in [1.165, 1.54) is 0 Å². The van der Waals surface area contributed by atoms with E-state index in [1.807, 2.05) is 0 Å². The summed E-state index contributed by atoms with van der Waals surface area (Å²) in [5.74, 6) is -1.28. The number of nitro groups is 2. The predicted octanol–water partition coefficient (Wildman–Crippen LogP) is 2.32. The van der Waals surface area contributed by atoms with Crippen LogP contribution < -0.4 is 10.5 Å². The summed E-state index contributed by atoms with van der Waals surface area (Å²) in [5.41, 5.74) is 1.95. The van der Waals surface area contributed by atoms with E-state index in [9.17, 15) is 37.8 Å². The van der Waals surface area contributed by atoms with Gasteiger partial charge in [0.15, 0.2) is 11.4 Å². The first-order valence-electron chi connectivity index (χ1n) is 4.63. The molecule has 0 unspecified atom stereocenters. The maximum Gasteiger partial charge on any atom is 0.461 e. The van der Waals surface area contributed by atoms with E-state index in [1.54, 1.807) is 0 Å². The highest BCUT2D eigenvalue weighted by atomic mass is 19.3. The summed E-state index contributed by atoms with van der Waals surface area (Å²) in [7, 11) is 0. The van der Waals surface area contributed by atoms with Gasteiger partial charge in [-0.15, -0.1) is 0 Å². The molecule has 0 aliphatic heterocycles. The molecule has 12 heteroatoms. The van der Waals surface area contributed by atoms with Crippen molar-refractivity contribution >= 4 is 17.1 Å². The summed E-state index contributed by atoms with van der Waals surface area (Å²) in [5, 5.41) is 21.0. The van der Waals surface area contributed by atoms with Crippen molar-refractivity contribution in [3.05, 3.63) is 32.4 Å². The summed E-state index contributed by atoms with van der Waals surface area (Å²) in [6, 6.07) is 0.682. The van der Waals surface area contributed by atoms with Crippen LogP contribution in [0.25, 0.3) is 0 Å². The third-order valence-electron chi connectivity index (χ3n) is 2.01. The second-order valence-electron chi connectivity index (χ2n) is 3.36. The first kappa shape index (κ1) is 15.4. The van der Waals surface area contributed by atoms with Crippen LogP contribution in [0.4, 0.5) is 34.6 Å². The van der Waals surface area contributed by atoms with Crippen molar-refractivity contribution in [3.8, 4) is 5.75 Å². The molecule has 0 saturated carbocycles. The Labute approximate surface area is 107 Å². The zero-order chi connectivity index (χ0) is 15.7. The van der Waals surface area contributed by atoms with Gasteiger partial charge >= 0.3 is 18.2 Å². The van der Waals surface area contributed by atoms with Crippen molar-refractivity contribution in [1.82, 2.24) is 0 Å². The van der Waals surface area contributed by atoms with Crippen LogP contribution in [0.1, 0.15) is 0 Å². The molecule has 110 valence electrons. The molecule has 1 aromatic rings. The number of nitrogens with two attached hydrogens (primary N) is 1. The van der Waals surface area contributed by atoms with Crippen LogP contribution in [0, 0.1) is 20.2 Å². The number of non-ortho nitro benzene ring substituents is 1. The Hall–Kier alpha value is -2.66. The number of ether oxygens (including phenoxy) is 1. The van der Waals surface area contributed by atoms with Gasteiger partial charge in [-0.2, -0.15) is 17.6 Å². The Balaban J connectivity index is 3.38. The number of alkyl halides is 4. The lowest BCUT2D eigenvalue weighted by Gasteiger charge is -2.17. The standard InChI is InChI=1S/C8H5F4N3O5/c9-7(10)8(11,12)20-5-2-3(14(16)17)1-4(6(5)13)15(18)19/h1-2,7H,13H2. The van der Waals surface area contributed by atoms with Crippen LogP contribution >= 0.6 is 0 Å². The highest BCUT2D eigenvalue weighted by molar-refractivity contribution is 5.71. The summed E-state index contributed by atoms with van der Waals surface area (Å²) >= 11 is 0. The zero-order valence-electron chi connectivity index (χ0n) is 9.26. The van der Waals surface area contributed by atoms with Crippen LogP contribution in [0.2, 0.25) is 0 Å². The maximum atomic E-state index is 12.7. The molecule has 0 saturated heterocycles. The topological polar surface area (TPSA) is 122 Å². The van der Waals surface area contributed by atoms with Gasteiger partial charge < -0.3 is 10.5 Å². The number of halogens is 4. The molecule has 0 atom stereocenters. The smallest absolute Gasteiger partial charge is 0.426 e. The molecule has 1 aromatic carbocycles. The van der Waals surface area contributed by atoms with E-state index in [-0.39, 0.29) is 0 Å². The SMILES string of the molecule is Nc1c(OC(F)(F)C(F)F)cc([N+](=O)[O-])cc1[N+](=O)[O-]. The lowest BCUT2D eigenvalue weighted by atomic mass is 10.2. The monoisotopic (exact) mass is 299 g/mol. The minimum Gasteiger partial charge on any atom is -0.426 e. The van der Waals surface area contributed by atoms with Gasteiger partial charge in [0, 0.05) is 0 Å². The van der Waals surface area contributed by atoms with Gasteiger partial charge in [0.2, 0.25) is 0 Å². The number of rotatable bonds is 5. The molecule has 2 N–H and O–H groups in total. The second-order valence-corrected chi connectivity index (χ2v) is 3.36. The Bertz CT molecular complexity index is 565. The normalized spacial score (nSPS) is 11.4. The number of benzene rings is 1. The van der Waals surface area contributed by atoms with Crippen molar-refractivity contribution < 1.29 is 32.1 Å². The minimum absolute atomic E-state index is 0.290. The molecule has 0 amide bonds. The quantitative estimate of drug-likeness (QED) is 0.385. The first-order valence-corrected chi connectivity index (χ1v) is 4.63. The largest absolute Gasteiger partial charge is 0.461 e. The average molecular weight is 299 g/mol. The van der Waals surface area contributed by atoms with Crippen molar-refractivity contribution in [3.63, 3.8) is 0 Å². The van der Waals surface area contributed by atoms with E-state index in [0.717, 1.165) is 0 Å². The molecule has 0 heterocycles. The van der Waals surface area contributed by atoms with Gasteiger partial charge in [-0.25, -0.2) is 0 Å². The second kappa shape index (κ2) is 5.14. The molecule has 0 aliphatic rings. The van der Waals surface area contributed by atoms with Gasteiger partial charge in [0.25, 0.3) is 5.69 Å². The van der Waals surface area contributed by atoms with E-state index in [0.29, 0.717) is 12.1 Å². The number of nitro benzene ring substituents is 2. The molecule has 0 bridgehead atoms. The molecule has 8 nitrogen and oxygen atoms in total.